The molecule has 0 saturated heterocycles. The van der Waals surface area contributed by atoms with E-state index in [1.807, 2.05) is 0 Å². The van der Waals surface area contributed by atoms with Crippen molar-refractivity contribution in [3.8, 4) is 12.5 Å². The summed E-state index contributed by atoms with van der Waals surface area (Å²) in [5, 5.41) is 27.5. The predicted octanol–water partition coefficient (Wildman–Crippen LogP) is 3.52. The molecule has 0 aliphatic rings. The summed E-state index contributed by atoms with van der Waals surface area (Å²) in [6.45, 7) is 2.24. The maximum absolute atomic E-state index is 6.88. The molecular weight excluding hydrogens is 252 g/mol. The summed E-state index contributed by atoms with van der Waals surface area (Å²) in [6.07, 6.45) is 1.50. The average molecular weight is 268 g/mol. The van der Waals surface area contributed by atoms with E-state index in [-0.39, 0.29) is 0 Å². The van der Waals surface area contributed by atoms with Gasteiger partial charge < -0.3 is 10.2 Å². The van der Waals surface area contributed by atoms with Crippen molar-refractivity contribution in [2.75, 3.05) is 0 Å². The fourth-order valence-electron chi connectivity index (χ4n) is 1.68. The summed E-state index contributed by atoms with van der Waals surface area (Å²) in [6, 6.07) is 21.2. The van der Waals surface area contributed by atoms with Crippen molar-refractivity contribution in [1.82, 2.24) is 0 Å². The van der Waals surface area contributed by atoms with Crippen LogP contribution in [-0.2, 0) is 0 Å². The highest BCUT2D eigenvalue weighted by Crippen LogP contribution is 2.22. The van der Waals surface area contributed by atoms with Gasteiger partial charge in [-0.25, -0.2) is 0 Å². The van der Waals surface area contributed by atoms with Crippen LogP contribution in [0.4, 0.5) is 0 Å². The normalized spacial score (nSPS) is 8.00. The first kappa shape index (κ1) is 17.0. The number of hydrogen-bond acceptors (Lipinski definition) is 4. The Morgan fingerprint density at radius 2 is 1.00 bits per heavy atom. The molecule has 4 nitrogen and oxygen atoms in total. The van der Waals surface area contributed by atoms with Crippen LogP contribution in [0, 0.1) is 23.0 Å². The van der Waals surface area contributed by atoms with Gasteiger partial charge in [0, 0.05) is 5.92 Å². The summed E-state index contributed by atoms with van der Waals surface area (Å²) in [5.74, 6) is 0.484. The topological polar surface area (TPSA) is 88.0 Å². The Balaban J connectivity index is 0.000000520. The first-order valence-electron chi connectivity index (χ1n) is 5.87. The molecule has 2 aromatic rings. The summed E-state index contributed by atoms with van der Waals surface area (Å²) >= 11 is 0. The zero-order chi connectivity index (χ0) is 15.2. The fraction of sp³-hybridized carbons (Fsp3) is 0.125. The van der Waals surface area contributed by atoms with Crippen LogP contribution < -0.4 is 0 Å². The molecule has 0 spiro atoms. The lowest BCUT2D eigenvalue weighted by molar-refractivity contribution is 0.502. The maximum atomic E-state index is 6.88. The van der Waals surface area contributed by atoms with E-state index in [1.54, 1.807) is 0 Å². The standard InChI is InChI=1S/C14H14.2CHNO/c1-12(13-8-4-2-5-9-13)14-10-6-3-7-11-14;2*2-1-3/h2-12H,1H3;2*3H. The van der Waals surface area contributed by atoms with E-state index in [4.69, 9.17) is 20.7 Å². The van der Waals surface area contributed by atoms with Crippen molar-refractivity contribution in [3.63, 3.8) is 0 Å². The van der Waals surface area contributed by atoms with Gasteiger partial charge in [0.05, 0.1) is 0 Å². The maximum Gasteiger partial charge on any atom is 0.283 e. The van der Waals surface area contributed by atoms with Crippen molar-refractivity contribution < 1.29 is 10.2 Å². The van der Waals surface area contributed by atoms with Crippen molar-refractivity contribution >= 4 is 0 Å². The molecule has 2 rings (SSSR count). The summed E-state index contributed by atoms with van der Waals surface area (Å²) < 4.78 is 0. The Labute approximate surface area is 118 Å². The molecule has 2 N–H and O–H groups in total. The highest BCUT2D eigenvalue weighted by molar-refractivity contribution is 5.31. The number of rotatable bonds is 2. The molecule has 0 aromatic heterocycles. The molecule has 0 saturated carbocycles. The Kier molecular flexibility index (Phi) is 9.47. The van der Waals surface area contributed by atoms with Gasteiger partial charge in [-0.15, -0.1) is 0 Å². The third kappa shape index (κ3) is 6.68. The quantitative estimate of drug-likeness (QED) is 0.815. The number of nitriles is 2. The molecule has 0 aliphatic heterocycles. The molecule has 0 bridgehead atoms. The Morgan fingerprint density at radius 3 is 1.25 bits per heavy atom. The van der Waals surface area contributed by atoms with E-state index >= 15 is 0 Å². The Hall–Kier alpha value is -2.98. The van der Waals surface area contributed by atoms with E-state index in [2.05, 4.69) is 67.6 Å². The number of aliphatic hydroxyl groups is 2. The van der Waals surface area contributed by atoms with Gasteiger partial charge in [0.1, 0.15) is 0 Å². The molecular formula is C16H16N2O2. The summed E-state index contributed by atoms with van der Waals surface area (Å²) in [4.78, 5) is 0. The monoisotopic (exact) mass is 268 g/mol. The van der Waals surface area contributed by atoms with Crippen LogP contribution in [-0.4, -0.2) is 10.2 Å². The summed E-state index contributed by atoms with van der Waals surface area (Å²) in [5.41, 5.74) is 2.75. The van der Waals surface area contributed by atoms with Gasteiger partial charge in [-0.2, -0.15) is 10.5 Å². The van der Waals surface area contributed by atoms with E-state index < -0.39 is 0 Å². The Bertz CT molecular complexity index is 491. The minimum atomic E-state index is 0.484. The van der Waals surface area contributed by atoms with Crippen molar-refractivity contribution in [2.24, 2.45) is 0 Å². The van der Waals surface area contributed by atoms with Crippen molar-refractivity contribution in [2.45, 2.75) is 12.8 Å². The summed E-state index contributed by atoms with van der Waals surface area (Å²) in [7, 11) is 0. The SMILES string of the molecule is CC(c1ccccc1)c1ccccc1.N#CO.N#CO. The predicted molar refractivity (Wildman–Crippen MR) is 75.5 cm³/mol. The van der Waals surface area contributed by atoms with Crippen LogP contribution in [0.15, 0.2) is 60.7 Å². The molecule has 0 fully saturated rings. The van der Waals surface area contributed by atoms with Gasteiger partial charge in [0.2, 0.25) is 0 Å². The number of aliphatic hydroxyl groups excluding tert-OH is 2. The second-order valence-electron chi connectivity index (χ2n) is 3.74. The third-order valence-electron chi connectivity index (χ3n) is 2.60. The molecule has 4 heteroatoms. The van der Waals surface area contributed by atoms with Crippen LogP contribution >= 0.6 is 0 Å². The van der Waals surface area contributed by atoms with Gasteiger partial charge in [-0.05, 0) is 11.1 Å². The first-order chi connectivity index (χ1) is 9.71. The minimum Gasteiger partial charge on any atom is -0.443 e. The van der Waals surface area contributed by atoms with Crippen molar-refractivity contribution in [3.05, 3.63) is 71.8 Å². The zero-order valence-electron chi connectivity index (χ0n) is 11.1. The number of nitrogens with zero attached hydrogens (tertiary/aromatic N) is 2. The molecule has 0 atom stereocenters. The molecule has 20 heavy (non-hydrogen) atoms. The van der Waals surface area contributed by atoms with Crippen LogP contribution in [0.5, 0.6) is 0 Å². The lowest BCUT2D eigenvalue weighted by atomic mass is 9.93. The number of benzene rings is 2. The van der Waals surface area contributed by atoms with E-state index in [0.717, 1.165) is 12.5 Å². The molecule has 0 amide bonds. The second-order valence-corrected chi connectivity index (χ2v) is 3.74. The lowest BCUT2D eigenvalue weighted by Crippen LogP contribution is -1.94. The van der Waals surface area contributed by atoms with Crippen LogP contribution in [0.25, 0.3) is 0 Å². The molecule has 2 aromatic carbocycles. The highest BCUT2D eigenvalue weighted by Gasteiger charge is 2.05. The molecule has 102 valence electrons. The smallest absolute Gasteiger partial charge is 0.283 e. The van der Waals surface area contributed by atoms with Gasteiger partial charge >= 0.3 is 0 Å². The first-order valence-corrected chi connectivity index (χ1v) is 5.87. The van der Waals surface area contributed by atoms with Crippen LogP contribution in [0.1, 0.15) is 24.0 Å². The fourth-order valence-corrected chi connectivity index (χ4v) is 1.68. The zero-order valence-corrected chi connectivity index (χ0v) is 11.1. The number of hydrogen-bond donors (Lipinski definition) is 2. The highest BCUT2D eigenvalue weighted by atomic mass is 16.2. The van der Waals surface area contributed by atoms with Gasteiger partial charge in [0.25, 0.3) is 12.5 Å². The van der Waals surface area contributed by atoms with Gasteiger partial charge in [0.15, 0.2) is 0 Å². The second kappa shape index (κ2) is 11.1. The molecule has 0 aliphatic carbocycles. The molecule has 0 heterocycles. The average Bonchev–Trinajstić information content (AvgIpc) is 2.50. The minimum absolute atomic E-state index is 0.484. The van der Waals surface area contributed by atoms with Crippen LogP contribution in [0.3, 0.4) is 0 Å². The molecule has 0 radical (unpaired) electrons. The van der Waals surface area contributed by atoms with Gasteiger partial charge in [-0.1, -0.05) is 67.6 Å². The van der Waals surface area contributed by atoms with E-state index in [1.165, 1.54) is 11.1 Å². The van der Waals surface area contributed by atoms with Crippen LogP contribution in [0.2, 0.25) is 0 Å². The Morgan fingerprint density at radius 1 is 0.750 bits per heavy atom. The van der Waals surface area contributed by atoms with Crippen molar-refractivity contribution in [1.29, 1.82) is 10.5 Å². The largest absolute Gasteiger partial charge is 0.443 e. The van der Waals surface area contributed by atoms with Gasteiger partial charge in [-0.3, -0.25) is 0 Å². The third-order valence-corrected chi connectivity index (χ3v) is 2.60. The van der Waals surface area contributed by atoms with E-state index in [0.29, 0.717) is 5.92 Å². The van der Waals surface area contributed by atoms with E-state index in [9.17, 15) is 0 Å². The molecule has 0 unspecified atom stereocenters. The lowest BCUT2D eigenvalue weighted by Gasteiger charge is -2.11.